The second-order valence-corrected chi connectivity index (χ2v) is 12.8. The molecule has 0 spiro atoms. The molecule has 3 atom stereocenters. The fourth-order valence-electron chi connectivity index (χ4n) is 6.00. The number of imidazole rings is 1. The number of methoxy groups -OCH3 is 2. The zero-order valence-corrected chi connectivity index (χ0v) is 29.6. The van der Waals surface area contributed by atoms with Crippen molar-refractivity contribution in [1.29, 1.82) is 0 Å². The molecule has 0 saturated carbocycles. The highest BCUT2D eigenvalue weighted by molar-refractivity contribution is 5.92. The topological polar surface area (TPSA) is 145 Å². The number of nitrogens with one attached hydrogen (secondary N) is 1. The van der Waals surface area contributed by atoms with Gasteiger partial charge >= 0.3 is 0 Å². The first-order chi connectivity index (χ1) is 24.6. The van der Waals surface area contributed by atoms with E-state index in [0.717, 1.165) is 16.7 Å². The van der Waals surface area contributed by atoms with Gasteiger partial charge in [0, 0.05) is 26.4 Å². The lowest BCUT2D eigenvalue weighted by molar-refractivity contribution is -0.118. The molecule has 3 aromatic carbocycles. The number of anilines is 1. The zero-order valence-electron chi connectivity index (χ0n) is 29.6. The molecule has 5 aromatic rings. The van der Waals surface area contributed by atoms with Crippen LogP contribution >= 0.6 is 0 Å². The molecule has 0 aliphatic carbocycles. The Morgan fingerprint density at radius 3 is 2.18 bits per heavy atom. The molecule has 1 fully saturated rings. The number of amides is 1. The largest absolute Gasteiger partial charge is 0.497 e. The third kappa shape index (κ3) is 7.41. The van der Waals surface area contributed by atoms with Gasteiger partial charge in [0.05, 0.1) is 39.6 Å². The maximum atomic E-state index is 12.6. The smallest absolute Gasteiger partial charge is 0.233 e. The van der Waals surface area contributed by atoms with Crippen molar-refractivity contribution in [2.45, 2.75) is 44.3 Å². The number of nitrogens with zero attached hydrogens (tertiary/aromatic N) is 6. The van der Waals surface area contributed by atoms with E-state index >= 15 is 0 Å². The van der Waals surface area contributed by atoms with E-state index in [9.17, 15) is 9.90 Å². The van der Waals surface area contributed by atoms with Gasteiger partial charge in [-0.15, -0.1) is 0 Å². The second kappa shape index (κ2) is 15.3. The Bertz CT molecular complexity index is 1920. The summed E-state index contributed by atoms with van der Waals surface area (Å²) in [5, 5.41) is 14.2. The molecule has 2 N–H and O–H groups in total. The minimum absolute atomic E-state index is 0.0420. The number of hydrogen-bond donors (Lipinski definition) is 2. The molecule has 3 unspecified atom stereocenters. The number of carbonyl (C=O) groups is 1. The highest BCUT2D eigenvalue weighted by atomic mass is 16.6. The Morgan fingerprint density at radius 2 is 1.61 bits per heavy atom. The SMILES string of the molecule is COc1ccc(C(OCC2OC(n3cnc4c(/N=C/N(C)C)nc(NC(=O)C(C)C)nc43)CC2O)(c2ccccc2)c2ccc(OC)cc2)cc1. The van der Waals surface area contributed by atoms with Crippen molar-refractivity contribution in [2.75, 3.05) is 40.2 Å². The van der Waals surface area contributed by atoms with E-state index in [-0.39, 0.29) is 36.6 Å². The first-order valence-electron chi connectivity index (χ1n) is 16.7. The van der Waals surface area contributed by atoms with E-state index < -0.39 is 24.0 Å². The number of aliphatic hydroxyl groups is 1. The predicted octanol–water partition coefficient (Wildman–Crippen LogP) is 5.32. The van der Waals surface area contributed by atoms with E-state index in [1.165, 1.54) is 0 Å². The van der Waals surface area contributed by atoms with E-state index in [1.54, 1.807) is 50.2 Å². The number of aliphatic hydroxyl groups excluding tert-OH is 1. The number of aliphatic imine (C=N–C) groups is 1. The van der Waals surface area contributed by atoms with Gasteiger partial charge in [0.2, 0.25) is 11.9 Å². The molecule has 13 nitrogen and oxygen atoms in total. The van der Waals surface area contributed by atoms with Crippen molar-refractivity contribution in [1.82, 2.24) is 24.4 Å². The summed E-state index contributed by atoms with van der Waals surface area (Å²) in [6.07, 6.45) is 1.22. The number of ether oxygens (including phenoxy) is 4. The maximum absolute atomic E-state index is 12.6. The molecular weight excluding hydrogens is 650 g/mol. The van der Waals surface area contributed by atoms with E-state index in [0.29, 0.717) is 22.7 Å². The van der Waals surface area contributed by atoms with E-state index in [2.05, 4.69) is 25.3 Å². The van der Waals surface area contributed by atoms with Crippen LogP contribution in [0.4, 0.5) is 11.8 Å². The average Bonchev–Trinajstić information content (AvgIpc) is 3.74. The van der Waals surface area contributed by atoms with Crippen LogP contribution in [0.25, 0.3) is 11.2 Å². The lowest BCUT2D eigenvalue weighted by atomic mass is 9.80. The summed E-state index contributed by atoms with van der Waals surface area (Å²) in [6.45, 7) is 3.62. The van der Waals surface area contributed by atoms with Crippen LogP contribution < -0.4 is 14.8 Å². The van der Waals surface area contributed by atoms with Gasteiger partial charge in [-0.2, -0.15) is 9.97 Å². The number of hydrogen-bond acceptors (Lipinski definition) is 10. The Balaban J connectivity index is 1.35. The van der Waals surface area contributed by atoms with Crippen LogP contribution in [0.1, 0.15) is 43.2 Å². The standard InChI is InChI=1S/C38H43N7O6/c1-24(2)36(47)43-37-41-34(40-22-44(3)4)33-35(42-37)45(23-39-33)32-20-30(46)31(51-32)21-50-38(25-10-8-7-9-11-25,26-12-16-28(48-5)17-13-26)27-14-18-29(49-6)19-15-27/h7-19,22-24,30-32,46H,20-21H2,1-6H3,(H,41,42,43,47)/b40-22+. The highest BCUT2D eigenvalue weighted by Crippen LogP contribution is 2.43. The van der Waals surface area contributed by atoms with Crippen molar-refractivity contribution in [2.24, 2.45) is 10.9 Å². The summed E-state index contributed by atoms with van der Waals surface area (Å²) in [6, 6.07) is 25.5. The van der Waals surface area contributed by atoms with Crippen molar-refractivity contribution in [3.05, 3.63) is 102 Å². The molecule has 3 heterocycles. The number of rotatable bonds is 13. The molecule has 1 aliphatic rings. The highest BCUT2D eigenvalue weighted by Gasteiger charge is 2.42. The lowest BCUT2D eigenvalue weighted by Crippen LogP contribution is -2.38. The van der Waals surface area contributed by atoms with Gasteiger partial charge < -0.3 is 29.0 Å². The fourth-order valence-corrected chi connectivity index (χ4v) is 6.00. The van der Waals surface area contributed by atoms with Gasteiger partial charge in [0.1, 0.15) is 29.4 Å². The Morgan fingerprint density at radius 1 is 1.00 bits per heavy atom. The Kier molecular flexibility index (Phi) is 10.6. The van der Waals surface area contributed by atoms with Crippen molar-refractivity contribution in [3.63, 3.8) is 0 Å². The zero-order chi connectivity index (χ0) is 36.1. The number of fused-ring (bicyclic) bond motifs is 1. The van der Waals surface area contributed by atoms with Gasteiger partial charge in [-0.1, -0.05) is 68.4 Å². The number of aromatic nitrogens is 4. The first-order valence-corrected chi connectivity index (χ1v) is 16.7. The second-order valence-electron chi connectivity index (χ2n) is 12.8. The van der Waals surface area contributed by atoms with Crippen LogP contribution in [0.2, 0.25) is 0 Å². The molecule has 2 aromatic heterocycles. The molecule has 51 heavy (non-hydrogen) atoms. The summed E-state index contributed by atoms with van der Waals surface area (Å²) in [5.41, 5.74) is 2.37. The molecule has 0 bridgehead atoms. The van der Waals surface area contributed by atoms with Crippen LogP contribution in [0, 0.1) is 5.92 Å². The van der Waals surface area contributed by atoms with Gasteiger partial charge in [-0.05, 0) is 41.0 Å². The van der Waals surface area contributed by atoms with Crippen molar-refractivity contribution < 1.29 is 28.8 Å². The Labute approximate surface area is 296 Å². The minimum Gasteiger partial charge on any atom is -0.497 e. The van der Waals surface area contributed by atoms with Crippen molar-refractivity contribution in [3.8, 4) is 11.5 Å². The van der Waals surface area contributed by atoms with Crippen LogP contribution in [0.3, 0.4) is 0 Å². The molecule has 1 amide bonds. The minimum atomic E-state index is -1.08. The summed E-state index contributed by atoms with van der Waals surface area (Å²) < 4.78 is 26.2. The van der Waals surface area contributed by atoms with Crippen LogP contribution in [-0.4, -0.2) is 88.9 Å². The normalized spacial score (nSPS) is 17.7. The summed E-state index contributed by atoms with van der Waals surface area (Å²) in [4.78, 5) is 32.5. The molecular formula is C38H43N7O6. The maximum Gasteiger partial charge on any atom is 0.233 e. The van der Waals surface area contributed by atoms with Gasteiger partial charge in [0.25, 0.3) is 0 Å². The summed E-state index contributed by atoms with van der Waals surface area (Å²) >= 11 is 0. The number of carbonyl (C=O) groups excluding carboxylic acids is 1. The molecule has 13 heteroatoms. The van der Waals surface area contributed by atoms with Crippen LogP contribution in [0.15, 0.2) is 90.2 Å². The molecule has 6 rings (SSSR count). The van der Waals surface area contributed by atoms with E-state index in [4.69, 9.17) is 18.9 Å². The van der Waals surface area contributed by atoms with Crippen LogP contribution in [-0.2, 0) is 19.9 Å². The van der Waals surface area contributed by atoms with Gasteiger partial charge in [0.15, 0.2) is 17.0 Å². The predicted molar refractivity (Wildman–Crippen MR) is 193 cm³/mol. The van der Waals surface area contributed by atoms with E-state index in [1.807, 2.05) is 93.0 Å². The third-order valence-corrected chi connectivity index (χ3v) is 8.73. The summed E-state index contributed by atoms with van der Waals surface area (Å²) in [5.74, 6) is 1.30. The first kappa shape index (κ1) is 35.5. The van der Waals surface area contributed by atoms with Crippen molar-refractivity contribution >= 4 is 35.2 Å². The Hall–Kier alpha value is -5.37. The van der Waals surface area contributed by atoms with Gasteiger partial charge in [-0.3, -0.25) is 14.7 Å². The molecule has 1 saturated heterocycles. The molecule has 0 radical (unpaired) electrons. The monoisotopic (exact) mass is 693 g/mol. The van der Waals surface area contributed by atoms with Crippen LogP contribution in [0.5, 0.6) is 11.5 Å². The lowest BCUT2D eigenvalue weighted by Gasteiger charge is -2.37. The number of benzene rings is 3. The van der Waals surface area contributed by atoms with Gasteiger partial charge in [-0.25, -0.2) is 9.98 Å². The molecule has 266 valence electrons. The average molecular weight is 694 g/mol. The quantitative estimate of drug-likeness (QED) is 0.0945. The third-order valence-electron chi connectivity index (χ3n) is 8.73. The fraction of sp³-hybridized carbons (Fsp3) is 0.342. The molecule has 1 aliphatic heterocycles. The summed E-state index contributed by atoms with van der Waals surface area (Å²) in [7, 11) is 6.94.